The average Bonchev–Trinajstić information content (AvgIpc) is 2.32. The highest BCUT2D eigenvalue weighted by molar-refractivity contribution is 9.10. The van der Waals surface area contributed by atoms with E-state index in [2.05, 4.69) is 40.8 Å². The highest BCUT2D eigenvalue weighted by atomic mass is 79.9. The Morgan fingerprint density at radius 1 is 1.29 bits per heavy atom. The van der Waals surface area contributed by atoms with Crippen molar-refractivity contribution in [2.45, 2.75) is 20.3 Å². The summed E-state index contributed by atoms with van der Waals surface area (Å²) in [6.45, 7) is 4.25. The first-order valence-corrected chi connectivity index (χ1v) is 6.38. The number of hydrogen-bond acceptors (Lipinski definition) is 2. The van der Waals surface area contributed by atoms with Crippen LogP contribution in [0.4, 0.5) is 0 Å². The van der Waals surface area contributed by atoms with Crippen LogP contribution in [-0.2, 0) is 6.42 Å². The van der Waals surface area contributed by atoms with Crippen LogP contribution in [-0.4, -0.2) is 4.98 Å². The lowest BCUT2D eigenvalue weighted by molar-refractivity contribution is 0.459. The van der Waals surface area contributed by atoms with Gasteiger partial charge in [-0.2, -0.15) is 0 Å². The van der Waals surface area contributed by atoms with Gasteiger partial charge >= 0.3 is 0 Å². The summed E-state index contributed by atoms with van der Waals surface area (Å²) in [5, 5.41) is 0. The number of ether oxygens (including phenoxy) is 1. The SMILES string of the molecule is CCc1ccc(Oc2ncccc2Br)cc1C. The first-order valence-electron chi connectivity index (χ1n) is 5.58. The van der Waals surface area contributed by atoms with Gasteiger partial charge in [0.25, 0.3) is 0 Å². The number of benzene rings is 1. The molecular formula is C14H14BrNO. The molecule has 0 N–H and O–H groups in total. The number of aromatic nitrogens is 1. The quantitative estimate of drug-likeness (QED) is 0.830. The van der Waals surface area contributed by atoms with E-state index in [1.165, 1.54) is 11.1 Å². The second-order valence-electron chi connectivity index (χ2n) is 3.83. The summed E-state index contributed by atoms with van der Waals surface area (Å²) in [4.78, 5) is 4.18. The van der Waals surface area contributed by atoms with Gasteiger partial charge in [-0.1, -0.05) is 13.0 Å². The Morgan fingerprint density at radius 3 is 2.76 bits per heavy atom. The van der Waals surface area contributed by atoms with Gasteiger partial charge in [-0.05, 0) is 64.7 Å². The zero-order chi connectivity index (χ0) is 12.3. The van der Waals surface area contributed by atoms with Gasteiger partial charge in [-0.15, -0.1) is 0 Å². The van der Waals surface area contributed by atoms with Crippen LogP contribution in [0.2, 0.25) is 0 Å². The standard InChI is InChI=1S/C14H14BrNO/c1-3-11-6-7-12(9-10(11)2)17-14-13(15)5-4-8-16-14/h4-9H,3H2,1-2H3. The Hall–Kier alpha value is -1.35. The minimum atomic E-state index is 0.594. The van der Waals surface area contributed by atoms with Crippen molar-refractivity contribution in [3.63, 3.8) is 0 Å². The van der Waals surface area contributed by atoms with E-state index >= 15 is 0 Å². The molecule has 0 fully saturated rings. The van der Waals surface area contributed by atoms with Gasteiger partial charge in [-0.25, -0.2) is 4.98 Å². The molecule has 3 heteroatoms. The molecule has 17 heavy (non-hydrogen) atoms. The number of nitrogens with zero attached hydrogens (tertiary/aromatic N) is 1. The minimum Gasteiger partial charge on any atom is -0.438 e. The molecule has 0 aliphatic rings. The van der Waals surface area contributed by atoms with E-state index in [0.29, 0.717) is 5.88 Å². The molecule has 0 aliphatic carbocycles. The van der Waals surface area contributed by atoms with Crippen LogP contribution in [0.1, 0.15) is 18.1 Å². The van der Waals surface area contributed by atoms with E-state index in [0.717, 1.165) is 16.6 Å². The molecule has 0 bridgehead atoms. The van der Waals surface area contributed by atoms with Crippen molar-refractivity contribution < 1.29 is 4.74 Å². The predicted molar refractivity (Wildman–Crippen MR) is 72.6 cm³/mol. The van der Waals surface area contributed by atoms with E-state index < -0.39 is 0 Å². The van der Waals surface area contributed by atoms with Crippen LogP contribution in [0.5, 0.6) is 11.6 Å². The van der Waals surface area contributed by atoms with Crippen LogP contribution < -0.4 is 4.74 Å². The van der Waals surface area contributed by atoms with Crippen LogP contribution >= 0.6 is 15.9 Å². The lowest BCUT2D eigenvalue weighted by Gasteiger charge is -2.09. The fourth-order valence-electron chi connectivity index (χ4n) is 1.69. The Morgan fingerprint density at radius 2 is 2.12 bits per heavy atom. The largest absolute Gasteiger partial charge is 0.438 e. The summed E-state index contributed by atoms with van der Waals surface area (Å²) in [5.74, 6) is 1.41. The minimum absolute atomic E-state index is 0.594. The molecular weight excluding hydrogens is 278 g/mol. The van der Waals surface area contributed by atoms with E-state index in [1.54, 1.807) is 6.20 Å². The summed E-state index contributed by atoms with van der Waals surface area (Å²) < 4.78 is 6.59. The Labute approximate surface area is 110 Å². The third-order valence-corrected chi connectivity index (χ3v) is 3.24. The van der Waals surface area contributed by atoms with Crippen molar-refractivity contribution >= 4 is 15.9 Å². The lowest BCUT2D eigenvalue weighted by Crippen LogP contribution is -1.91. The first kappa shape index (κ1) is 12.1. The van der Waals surface area contributed by atoms with Crippen molar-refractivity contribution in [2.75, 3.05) is 0 Å². The number of aryl methyl sites for hydroxylation is 2. The molecule has 0 saturated heterocycles. The zero-order valence-electron chi connectivity index (χ0n) is 9.90. The number of hydrogen-bond donors (Lipinski definition) is 0. The molecule has 2 aromatic rings. The van der Waals surface area contributed by atoms with Crippen LogP contribution in [0.15, 0.2) is 41.0 Å². The van der Waals surface area contributed by atoms with Crippen LogP contribution in [0.25, 0.3) is 0 Å². The first-order chi connectivity index (χ1) is 8.20. The van der Waals surface area contributed by atoms with Crippen molar-refractivity contribution in [2.24, 2.45) is 0 Å². The number of halogens is 1. The molecule has 0 atom stereocenters. The maximum Gasteiger partial charge on any atom is 0.233 e. The van der Waals surface area contributed by atoms with Gasteiger partial charge in [-0.3, -0.25) is 0 Å². The van der Waals surface area contributed by atoms with Gasteiger partial charge in [0, 0.05) is 6.20 Å². The third kappa shape index (κ3) is 2.86. The fraction of sp³-hybridized carbons (Fsp3) is 0.214. The third-order valence-electron chi connectivity index (χ3n) is 2.63. The molecule has 88 valence electrons. The Kier molecular flexibility index (Phi) is 3.79. The summed E-state index contributed by atoms with van der Waals surface area (Å²) in [6.07, 6.45) is 2.76. The van der Waals surface area contributed by atoms with Gasteiger partial charge in [0.1, 0.15) is 5.75 Å². The molecule has 1 aromatic heterocycles. The molecule has 2 rings (SSSR count). The highest BCUT2D eigenvalue weighted by Gasteiger charge is 2.04. The molecule has 0 spiro atoms. The normalized spacial score (nSPS) is 10.3. The average molecular weight is 292 g/mol. The highest BCUT2D eigenvalue weighted by Crippen LogP contribution is 2.28. The number of pyridine rings is 1. The van der Waals surface area contributed by atoms with Gasteiger partial charge < -0.3 is 4.74 Å². The zero-order valence-corrected chi connectivity index (χ0v) is 11.5. The second-order valence-corrected chi connectivity index (χ2v) is 4.69. The topological polar surface area (TPSA) is 22.1 Å². The van der Waals surface area contributed by atoms with E-state index in [9.17, 15) is 0 Å². The van der Waals surface area contributed by atoms with Gasteiger partial charge in [0.2, 0.25) is 5.88 Å². The summed E-state index contributed by atoms with van der Waals surface area (Å²) >= 11 is 3.41. The van der Waals surface area contributed by atoms with Crippen molar-refractivity contribution in [1.29, 1.82) is 0 Å². The monoisotopic (exact) mass is 291 g/mol. The summed E-state index contributed by atoms with van der Waals surface area (Å²) in [6, 6.07) is 9.90. The maximum absolute atomic E-state index is 5.73. The number of rotatable bonds is 3. The van der Waals surface area contributed by atoms with Crippen LogP contribution in [0.3, 0.4) is 0 Å². The van der Waals surface area contributed by atoms with Crippen molar-refractivity contribution in [3.05, 3.63) is 52.1 Å². The Bertz CT molecular complexity index is 525. The molecule has 0 aliphatic heterocycles. The second kappa shape index (κ2) is 5.32. The van der Waals surface area contributed by atoms with E-state index in [4.69, 9.17) is 4.74 Å². The smallest absolute Gasteiger partial charge is 0.233 e. The van der Waals surface area contributed by atoms with Crippen LogP contribution in [0, 0.1) is 6.92 Å². The molecule has 2 nitrogen and oxygen atoms in total. The van der Waals surface area contributed by atoms with Gasteiger partial charge in [0.15, 0.2) is 0 Å². The van der Waals surface area contributed by atoms with Gasteiger partial charge in [0.05, 0.1) is 4.47 Å². The molecule has 0 unspecified atom stereocenters. The molecule has 0 radical (unpaired) electrons. The van der Waals surface area contributed by atoms with Crippen molar-refractivity contribution in [3.8, 4) is 11.6 Å². The summed E-state index contributed by atoms with van der Waals surface area (Å²) in [7, 11) is 0. The molecule has 1 heterocycles. The molecule has 1 aromatic carbocycles. The Balaban J connectivity index is 2.25. The van der Waals surface area contributed by atoms with Crippen molar-refractivity contribution in [1.82, 2.24) is 4.98 Å². The fourth-order valence-corrected chi connectivity index (χ4v) is 2.02. The predicted octanol–water partition coefficient (Wildman–Crippen LogP) is 4.51. The van der Waals surface area contributed by atoms with E-state index in [-0.39, 0.29) is 0 Å². The lowest BCUT2D eigenvalue weighted by atomic mass is 10.1. The molecule has 0 amide bonds. The summed E-state index contributed by atoms with van der Waals surface area (Å²) in [5.41, 5.74) is 2.59. The van der Waals surface area contributed by atoms with E-state index in [1.807, 2.05) is 24.3 Å². The maximum atomic E-state index is 5.73. The molecule has 0 saturated carbocycles.